The number of ether oxygens (including phenoxy) is 1. The molecule has 1 N–H and O–H groups in total. The molecule has 1 atom stereocenters. The van der Waals surface area contributed by atoms with Crippen molar-refractivity contribution in [2.45, 2.75) is 82.3 Å². The quantitative estimate of drug-likeness (QED) is 0.246. The zero-order valence-corrected chi connectivity index (χ0v) is 25.9. The molecule has 0 saturated carbocycles. The first-order valence-corrected chi connectivity index (χ1v) is 15.0. The summed E-state index contributed by atoms with van der Waals surface area (Å²) in [5.74, 6) is -2.27. The molecule has 6 nitrogen and oxygen atoms in total. The van der Waals surface area contributed by atoms with Crippen LogP contribution >= 0.6 is 23.4 Å². The smallest absolute Gasteiger partial charge is 0.471 e. The number of thioether (sulfide) groups is 1. The highest BCUT2D eigenvalue weighted by Gasteiger charge is 2.46. The van der Waals surface area contributed by atoms with Gasteiger partial charge in [0.1, 0.15) is 12.4 Å². The van der Waals surface area contributed by atoms with Gasteiger partial charge in [0.05, 0.1) is 11.5 Å². The lowest BCUT2D eigenvalue weighted by molar-refractivity contribution is -0.186. The molecule has 0 spiro atoms. The molecule has 2 heterocycles. The number of carbonyl (C=O) groups excluding carboxylic acids is 1. The molecule has 0 aliphatic carbocycles. The fourth-order valence-corrected chi connectivity index (χ4v) is 6.43. The fourth-order valence-electron chi connectivity index (χ4n) is 5.12. The van der Waals surface area contributed by atoms with E-state index in [1.807, 2.05) is 36.4 Å². The molecule has 1 saturated heterocycles. The van der Waals surface area contributed by atoms with E-state index >= 15 is 0 Å². The number of hydrogen-bond donors (Lipinski definition) is 1. The summed E-state index contributed by atoms with van der Waals surface area (Å²) in [6.07, 6.45) is -3.73. The van der Waals surface area contributed by atoms with E-state index in [4.69, 9.17) is 16.3 Å². The van der Waals surface area contributed by atoms with Crippen LogP contribution in [0.5, 0.6) is 5.75 Å². The number of fused-ring (bicyclic) bond motifs is 1. The number of halogens is 4. The number of carboxylic acids is 1. The number of carboxylic acid groups (broad SMARTS) is 1. The molecular formula is C31H36ClF3N2O4S. The summed E-state index contributed by atoms with van der Waals surface area (Å²) < 4.78 is 47.2. The van der Waals surface area contributed by atoms with Crippen LogP contribution < -0.4 is 4.74 Å². The minimum Gasteiger partial charge on any atom is -0.491 e. The number of aliphatic carboxylic acids is 1. The van der Waals surface area contributed by atoms with E-state index in [1.165, 1.54) is 0 Å². The van der Waals surface area contributed by atoms with Gasteiger partial charge in [-0.25, -0.2) is 0 Å². The van der Waals surface area contributed by atoms with Gasteiger partial charge in [0.25, 0.3) is 0 Å². The number of alkyl halides is 3. The second kappa shape index (κ2) is 12.0. The lowest BCUT2D eigenvalue weighted by Crippen LogP contribution is -2.45. The van der Waals surface area contributed by atoms with Gasteiger partial charge < -0.3 is 19.3 Å². The lowest BCUT2D eigenvalue weighted by atomic mass is 9.88. The van der Waals surface area contributed by atoms with Gasteiger partial charge in [0.15, 0.2) is 0 Å². The Morgan fingerprint density at radius 2 is 1.74 bits per heavy atom. The third kappa shape index (κ3) is 7.37. The molecule has 4 rings (SSSR count). The van der Waals surface area contributed by atoms with E-state index in [9.17, 15) is 27.9 Å². The van der Waals surface area contributed by atoms with Crippen molar-refractivity contribution in [3.05, 3.63) is 58.7 Å². The summed E-state index contributed by atoms with van der Waals surface area (Å²) in [5, 5.41) is 11.5. The van der Waals surface area contributed by atoms with Gasteiger partial charge in [0, 0.05) is 50.8 Å². The van der Waals surface area contributed by atoms with Crippen LogP contribution in [0.15, 0.2) is 47.4 Å². The van der Waals surface area contributed by atoms with Crippen LogP contribution in [-0.4, -0.2) is 56.6 Å². The maximum atomic E-state index is 13.1. The molecule has 1 aromatic heterocycles. The monoisotopic (exact) mass is 624 g/mol. The van der Waals surface area contributed by atoms with Crippen LogP contribution in [0.25, 0.3) is 10.9 Å². The Labute approximate surface area is 253 Å². The first kappa shape index (κ1) is 32.1. The van der Waals surface area contributed by atoms with E-state index in [0.717, 1.165) is 32.0 Å². The van der Waals surface area contributed by atoms with Crippen molar-refractivity contribution in [2.24, 2.45) is 5.41 Å². The standard InChI is InChI=1S/C31H36ClF3N2O4S/c1-29(2,3)42-26-23-15-22(41-18-21-7-6-14-36(21)27(38)31(33,34)35)12-13-24(23)37(17-19-8-10-20(32)11-9-19)25(26)16-30(4,5)28(39)40/h8-13,15,21H,6-7,14,16-18H2,1-5H3,(H,39,40). The third-order valence-corrected chi connectivity index (χ3v) is 8.79. The van der Waals surface area contributed by atoms with Gasteiger partial charge in [-0.1, -0.05) is 44.5 Å². The van der Waals surface area contributed by atoms with E-state index in [1.54, 1.807) is 31.7 Å². The number of aromatic nitrogens is 1. The summed E-state index contributed by atoms with van der Waals surface area (Å²) >= 11 is 7.75. The SMILES string of the molecule is CC(C)(C)Sc1c(CC(C)(C)C(=O)O)n(Cc2ccc(Cl)cc2)c2ccc(OCC3CCCN3C(=O)C(F)(F)F)cc12. The first-order valence-electron chi connectivity index (χ1n) is 13.8. The molecule has 1 aliphatic rings. The number of amides is 1. The minimum atomic E-state index is -4.92. The van der Waals surface area contributed by atoms with Gasteiger partial charge in [-0.15, -0.1) is 11.8 Å². The Morgan fingerprint density at radius 3 is 2.33 bits per heavy atom. The van der Waals surface area contributed by atoms with Gasteiger partial charge in [-0.2, -0.15) is 13.2 Å². The summed E-state index contributed by atoms with van der Waals surface area (Å²) in [5.41, 5.74) is 1.71. The molecule has 2 aromatic carbocycles. The Kier molecular flexibility index (Phi) is 9.19. The van der Waals surface area contributed by atoms with Crippen LogP contribution in [0.4, 0.5) is 13.2 Å². The summed E-state index contributed by atoms with van der Waals surface area (Å²) in [7, 11) is 0. The van der Waals surface area contributed by atoms with E-state index in [0.29, 0.717) is 30.2 Å². The minimum absolute atomic E-state index is 0.0497. The predicted octanol–water partition coefficient (Wildman–Crippen LogP) is 7.82. The van der Waals surface area contributed by atoms with Crippen molar-refractivity contribution in [1.82, 2.24) is 9.47 Å². The molecule has 0 bridgehead atoms. The largest absolute Gasteiger partial charge is 0.491 e. The number of likely N-dealkylation sites (tertiary alicyclic amines) is 1. The van der Waals surface area contributed by atoms with Gasteiger partial charge >= 0.3 is 18.1 Å². The van der Waals surface area contributed by atoms with Crippen LogP contribution in [-0.2, 0) is 22.6 Å². The molecule has 1 aliphatic heterocycles. The maximum absolute atomic E-state index is 13.1. The molecule has 1 fully saturated rings. The van der Waals surface area contributed by atoms with Gasteiger partial charge in [-0.05, 0) is 62.6 Å². The number of carbonyl (C=O) groups is 2. The van der Waals surface area contributed by atoms with Crippen LogP contribution in [0.2, 0.25) is 5.02 Å². The topological polar surface area (TPSA) is 71.8 Å². The second-order valence-corrected chi connectivity index (χ2v) is 14.6. The van der Waals surface area contributed by atoms with Crippen molar-refractivity contribution >= 4 is 46.1 Å². The van der Waals surface area contributed by atoms with Gasteiger partial charge in [-0.3, -0.25) is 9.59 Å². The van der Waals surface area contributed by atoms with Crippen LogP contribution in [0, 0.1) is 5.41 Å². The third-order valence-electron chi connectivity index (χ3n) is 7.26. The first-order chi connectivity index (χ1) is 19.5. The zero-order chi connectivity index (χ0) is 31.0. The molecular weight excluding hydrogens is 589 g/mol. The lowest BCUT2D eigenvalue weighted by Gasteiger charge is -2.25. The number of hydrogen-bond acceptors (Lipinski definition) is 4. The zero-order valence-electron chi connectivity index (χ0n) is 24.3. The molecule has 11 heteroatoms. The maximum Gasteiger partial charge on any atom is 0.471 e. The second-order valence-electron chi connectivity index (χ2n) is 12.4. The van der Waals surface area contributed by atoms with Crippen molar-refractivity contribution in [3.8, 4) is 5.75 Å². The summed E-state index contributed by atoms with van der Waals surface area (Å²) in [6, 6.07) is 12.4. The van der Waals surface area contributed by atoms with Gasteiger partial charge in [0.2, 0.25) is 0 Å². The highest BCUT2D eigenvalue weighted by molar-refractivity contribution is 8.00. The summed E-state index contributed by atoms with van der Waals surface area (Å²) in [6.45, 7) is 10.1. The normalized spacial score (nSPS) is 16.3. The van der Waals surface area contributed by atoms with E-state index < -0.39 is 29.5 Å². The van der Waals surface area contributed by atoms with E-state index in [-0.39, 0.29) is 24.3 Å². The number of rotatable bonds is 9. The highest BCUT2D eigenvalue weighted by Crippen LogP contribution is 2.44. The average molecular weight is 625 g/mol. The Bertz CT molecular complexity index is 1460. The van der Waals surface area contributed by atoms with Crippen molar-refractivity contribution in [2.75, 3.05) is 13.2 Å². The number of benzene rings is 2. The Hall–Kier alpha value is -2.85. The number of nitrogens with zero attached hydrogens (tertiary/aromatic N) is 2. The van der Waals surface area contributed by atoms with Crippen LogP contribution in [0.3, 0.4) is 0 Å². The Morgan fingerprint density at radius 1 is 1.07 bits per heavy atom. The highest BCUT2D eigenvalue weighted by atomic mass is 35.5. The molecule has 1 amide bonds. The van der Waals surface area contributed by atoms with Crippen molar-refractivity contribution in [3.63, 3.8) is 0 Å². The Balaban J connectivity index is 1.77. The molecule has 42 heavy (non-hydrogen) atoms. The average Bonchev–Trinajstić information content (AvgIpc) is 3.45. The van der Waals surface area contributed by atoms with E-state index in [2.05, 4.69) is 25.3 Å². The van der Waals surface area contributed by atoms with Crippen molar-refractivity contribution in [1.29, 1.82) is 0 Å². The van der Waals surface area contributed by atoms with Crippen LogP contribution in [0.1, 0.15) is 58.7 Å². The predicted molar refractivity (Wildman–Crippen MR) is 160 cm³/mol. The summed E-state index contributed by atoms with van der Waals surface area (Å²) in [4.78, 5) is 25.9. The fraction of sp³-hybridized carbons (Fsp3) is 0.484. The molecule has 3 aromatic rings. The van der Waals surface area contributed by atoms with Crippen molar-refractivity contribution < 1.29 is 32.6 Å². The molecule has 1 unspecified atom stereocenters. The molecule has 228 valence electrons. The molecule has 0 radical (unpaired) electrons.